The van der Waals surface area contributed by atoms with Gasteiger partial charge in [0.05, 0.1) is 7.11 Å². The molecule has 5 heteroatoms. The van der Waals surface area contributed by atoms with Crippen LogP contribution in [0.1, 0.15) is 18.1 Å². The Morgan fingerprint density at radius 3 is 2.88 bits per heavy atom. The first-order valence-electron chi connectivity index (χ1n) is 8.41. The minimum Gasteiger partial charge on any atom is -0.493 e. The zero-order valence-electron chi connectivity index (χ0n) is 14.8. The van der Waals surface area contributed by atoms with Crippen molar-refractivity contribution in [2.45, 2.75) is 19.4 Å². The molecule has 1 unspecified atom stereocenters. The molecule has 0 N–H and O–H groups in total. The maximum Gasteiger partial charge on any atom is 0.251 e. The lowest BCUT2D eigenvalue weighted by Crippen LogP contribution is -2.34. The molecule has 0 bridgehead atoms. The van der Waals surface area contributed by atoms with Gasteiger partial charge in [-0.15, -0.1) is 0 Å². The summed E-state index contributed by atoms with van der Waals surface area (Å²) in [6.45, 7) is 2.01. The van der Waals surface area contributed by atoms with Gasteiger partial charge in [0.15, 0.2) is 18.1 Å². The van der Waals surface area contributed by atoms with Crippen molar-refractivity contribution in [2.75, 3.05) is 18.6 Å². The molecule has 3 rings (SSSR count). The fourth-order valence-electron chi connectivity index (χ4n) is 3.17. The first kappa shape index (κ1) is 17.6. The Morgan fingerprint density at radius 1 is 1.31 bits per heavy atom. The number of carbonyl (C=O) groups is 1. The van der Waals surface area contributed by atoms with Gasteiger partial charge in [-0.25, -0.2) is 0 Å². The van der Waals surface area contributed by atoms with Gasteiger partial charge in [0.25, 0.3) is 5.91 Å². The number of hydrogen-bond donors (Lipinski definition) is 0. The van der Waals surface area contributed by atoms with E-state index in [-0.39, 0.29) is 18.6 Å². The van der Waals surface area contributed by atoms with Gasteiger partial charge in [0.2, 0.25) is 0 Å². The molecule has 0 saturated heterocycles. The molecule has 2 aromatic carbocycles. The van der Waals surface area contributed by atoms with Crippen LogP contribution in [0.4, 0.5) is 5.69 Å². The number of anilines is 1. The molecule has 26 heavy (non-hydrogen) atoms. The zero-order chi connectivity index (χ0) is 18.5. The third-order valence-electron chi connectivity index (χ3n) is 4.34. The maximum absolute atomic E-state index is 12.7. The van der Waals surface area contributed by atoms with Crippen molar-refractivity contribution in [3.05, 3.63) is 59.7 Å². The predicted octanol–water partition coefficient (Wildman–Crippen LogP) is 3.59. The van der Waals surface area contributed by atoms with Gasteiger partial charge in [-0.1, -0.05) is 24.3 Å². The van der Waals surface area contributed by atoms with Crippen molar-refractivity contribution in [1.29, 1.82) is 5.26 Å². The summed E-state index contributed by atoms with van der Waals surface area (Å²) in [6.07, 6.45) is 4.20. The Morgan fingerprint density at radius 2 is 2.12 bits per heavy atom. The normalized spacial score (nSPS) is 15.6. The van der Waals surface area contributed by atoms with Gasteiger partial charge in [-0.2, -0.15) is 5.26 Å². The van der Waals surface area contributed by atoms with Crippen LogP contribution in [0.3, 0.4) is 0 Å². The summed E-state index contributed by atoms with van der Waals surface area (Å²) < 4.78 is 10.6. The first-order chi connectivity index (χ1) is 12.6. The highest BCUT2D eigenvalue weighted by atomic mass is 16.5. The van der Waals surface area contributed by atoms with Crippen molar-refractivity contribution < 1.29 is 14.3 Å². The second-order valence-electron chi connectivity index (χ2n) is 6.08. The smallest absolute Gasteiger partial charge is 0.251 e. The number of rotatable bonds is 5. The molecule has 1 amide bonds. The summed E-state index contributed by atoms with van der Waals surface area (Å²) in [5, 5.41) is 8.62. The van der Waals surface area contributed by atoms with E-state index in [2.05, 4.69) is 13.0 Å². The van der Waals surface area contributed by atoms with Crippen LogP contribution in [0.2, 0.25) is 0 Å². The van der Waals surface area contributed by atoms with Gasteiger partial charge >= 0.3 is 0 Å². The van der Waals surface area contributed by atoms with Crippen molar-refractivity contribution in [3.8, 4) is 17.6 Å². The minimum atomic E-state index is -0.0498. The summed E-state index contributed by atoms with van der Waals surface area (Å²) in [5.74, 6) is 0.973. The summed E-state index contributed by atoms with van der Waals surface area (Å²) in [6, 6.07) is 15.4. The molecule has 0 radical (unpaired) electrons. The van der Waals surface area contributed by atoms with Crippen molar-refractivity contribution >= 4 is 17.7 Å². The number of amides is 1. The number of benzene rings is 2. The topological polar surface area (TPSA) is 62.6 Å². The molecule has 1 heterocycles. The fraction of sp³-hybridized carbons (Fsp3) is 0.238. The van der Waals surface area contributed by atoms with Crippen LogP contribution in [-0.4, -0.2) is 25.7 Å². The molecule has 1 aliphatic heterocycles. The van der Waals surface area contributed by atoms with Crippen LogP contribution >= 0.6 is 0 Å². The van der Waals surface area contributed by atoms with E-state index in [1.807, 2.05) is 35.2 Å². The van der Waals surface area contributed by atoms with Crippen LogP contribution in [0.25, 0.3) is 6.08 Å². The molecular formula is C21H20N2O3. The Balaban J connectivity index is 1.78. The van der Waals surface area contributed by atoms with Gasteiger partial charge in [-0.05, 0) is 48.7 Å². The van der Waals surface area contributed by atoms with E-state index in [1.54, 1.807) is 24.3 Å². The Hall–Kier alpha value is -3.26. The van der Waals surface area contributed by atoms with Crippen LogP contribution in [-0.2, 0) is 11.2 Å². The molecule has 0 spiro atoms. The highest BCUT2D eigenvalue weighted by molar-refractivity contribution is 6.05. The molecule has 132 valence electrons. The van der Waals surface area contributed by atoms with E-state index in [9.17, 15) is 4.79 Å². The third-order valence-corrected chi connectivity index (χ3v) is 4.34. The maximum atomic E-state index is 12.7. The van der Waals surface area contributed by atoms with Crippen molar-refractivity contribution in [3.63, 3.8) is 0 Å². The number of carbonyl (C=O) groups excluding carboxylic acids is 1. The molecule has 5 nitrogen and oxygen atoms in total. The van der Waals surface area contributed by atoms with Crippen molar-refractivity contribution in [2.24, 2.45) is 0 Å². The summed E-state index contributed by atoms with van der Waals surface area (Å²) in [7, 11) is 1.54. The Labute approximate surface area is 153 Å². The second-order valence-corrected chi connectivity index (χ2v) is 6.08. The predicted molar refractivity (Wildman–Crippen MR) is 100 cm³/mol. The molecule has 0 saturated carbocycles. The highest BCUT2D eigenvalue weighted by Gasteiger charge is 2.29. The fourth-order valence-corrected chi connectivity index (χ4v) is 3.17. The molecule has 0 aromatic heterocycles. The summed E-state index contributed by atoms with van der Waals surface area (Å²) in [5.41, 5.74) is 2.99. The number of ether oxygens (including phenoxy) is 2. The van der Waals surface area contributed by atoms with E-state index >= 15 is 0 Å². The largest absolute Gasteiger partial charge is 0.493 e. The molecular weight excluding hydrogens is 328 g/mol. The quantitative estimate of drug-likeness (QED) is 0.775. The first-order valence-corrected chi connectivity index (χ1v) is 8.41. The summed E-state index contributed by atoms with van der Waals surface area (Å²) >= 11 is 0. The van der Waals surface area contributed by atoms with Gasteiger partial charge < -0.3 is 14.4 Å². The lowest BCUT2D eigenvalue weighted by atomic mass is 10.1. The van der Waals surface area contributed by atoms with Gasteiger partial charge in [-0.3, -0.25) is 4.79 Å². The van der Waals surface area contributed by atoms with Crippen LogP contribution in [0.5, 0.6) is 11.5 Å². The zero-order valence-corrected chi connectivity index (χ0v) is 14.8. The molecule has 2 aromatic rings. The number of fused-ring (bicyclic) bond motifs is 1. The SMILES string of the molecule is COc1cc(/C=C/C(=O)N2c3ccccc3CC2C)ccc1OCC#N. The summed E-state index contributed by atoms with van der Waals surface area (Å²) in [4.78, 5) is 14.5. The third kappa shape index (κ3) is 3.55. The lowest BCUT2D eigenvalue weighted by molar-refractivity contribution is -0.114. The second kappa shape index (κ2) is 7.75. The van der Waals surface area contributed by atoms with E-state index in [0.717, 1.165) is 17.7 Å². The molecule has 1 atom stereocenters. The standard InChI is InChI=1S/C21H20N2O3/c1-15-13-17-5-3-4-6-18(17)23(15)21(24)10-8-16-7-9-19(26-12-11-22)20(14-16)25-2/h3-10,14-15H,12-13H2,1-2H3/b10-8+. The number of para-hydroxylation sites is 1. The van der Waals surface area contributed by atoms with Crippen LogP contribution in [0, 0.1) is 11.3 Å². The average Bonchev–Trinajstić information content (AvgIpc) is 3.00. The van der Waals surface area contributed by atoms with Crippen LogP contribution in [0.15, 0.2) is 48.5 Å². The monoisotopic (exact) mass is 348 g/mol. The lowest BCUT2D eigenvalue weighted by Gasteiger charge is -2.21. The highest BCUT2D eigenvalue weighted by Crippen LogP contribution is 2.32. The Kier molecular flexibility index (Phi) is 5.23. The molecule has 0 aliphatic carbocycles. The van der Waals surface area contributed by atoms with E-state index < -0.39 is 0 Å². The van der Waals surface area contributed by atoms with Crippen molar-refractivity contribution in [1.82, 2.24) is 0 Å². The number of nitriles is 1. The van der Waals surface area contributed by atoms with Gasteiger partial charge in [0.1, 0.15) is 6.07 Å². The number of hydrogen-bond acceptors (Lipinski definition) is 4. The molecule has 1 aliphatic rings. The van der Waals surface area contributed by atoms with Crippen LogP contribution < -0.4 is 14.4 Å². The van der Waals surface area contributed by atoms with E-state index in [4.69, 9.17) is 14.7 Å². The number of nitrogens with zero attached hydrogens (tertiary/aromatic N) is 2. The average molecular weight is 348 g/mol. The molecule has 0 fully saturated rings. The van der Waals surface area contributed by atoms with E-state index in [0.29, 0.717) is 11.5 Å². The van der Waals surface area contributed by atoms with E-state index in [1.165, 1.54) is 12.7 Å². The van der Waals surface area contributed by atoms with Gasteiger partial charge in [0, 0.05) is 17.8 Å². The Bertz CT molecular complexity index is 883. The minimum absolute atomic E-state index is 0.0453. The number of methoxy groups -OCH3 is 1.